The van der Waals surface area contributed by atoms with Crippen molar-refractivity contribution in [1.82, 2.24) is 10.2 Å². The van der Waals surface area contributed by atoms with Crippen LogP contribution in [-0.2, 0) is 16.1 Å². The Hall–Kier alpha value is -3.75. The minimum atomic E-state index is -0.496. The third kappa shape index (κ3) is 5.11. The Morgan fingerprint density at radius 3 is 2.52 bits per heavy atom. The zero-order chi connectivity index (χ0) is 19.1. The van der Waals surface area contributed by atoms with E-state index in [-0.39, 0.29) is 37.1 Å². The highest BCUT2D eigenvalue weighted by Crippen LogP contribution is 2.21. The number of nitrogens with zero attached hydrogens (tertiary/aromatic N) is 3. The fourth-order valence-corrected chi connectivity index (χ4v) is 2.14. The summed E-state index contributed by atoms with van der Waals surface area (Å²) in [4.78, 5) is 21.9. The third-order valence-corrected chi connectivity index (χ3v) is 3.47. The molecule has 27 heavy (non-hydrogen) atoms. The van der Waals surface area contributed by atoms with E-state index in [0.717, 1.165) is 0 Å². The van der Waals surface area contributed by atoms with Crippen LogP contribution < -0.4 is 4.74 Å². The molecule has 0 aliphatic rings. The monoisotopic (exact) mass is 369 g/mol. The topological polar surface area (TPSA) is 118 Å². The number of carbonyl (C=O) groups excluding carboxylic acids is 1. The second-order valence-electron chi connectivity index (χ2n) is 5.38. The van der Waals surface area contributed by atoms with Crippen LogP contribution in [0.25, 0.3) is 11.5 Å². The summed E-state index contributed by atoms with van der Waals surface area (Å²) >= 11 is 0. The van der Waals surface area contributed by atoms with Crippen molar-refractivity contribution in [3.63, 3.8) is 0 Å². The van der Waals surface area contributed by atoms with Gasteiger partial charge in [-0.3, -0.25) is 14.9 Å². The summed E-state index contributed by atoms with van der Waals surface area (Å²) < 4.78 is 15.9. The van der Waals surface area contributed by atoms with Gasteiger partial charge in [0.1, 0.15) is 5.75 Å². The molecule has 0 saturated heterocycles. The lowest BCUT2D eigenvalue weighted by Gasteiger charge is -2.05. The number of hydrogen-bond donors (Lipinski definition) is 0. The molecule has 0 amide bonds. The first-order valence-corrected chi connectivity index (χ1v) is 8.02. The maximum atomic E-state index is 11.7. The largest absolute Gasteiger partial charge is 0.493 e. The van der Waals surface area contributed by atoms with Gasteiger partial charge in [0.15, 0.2) is 6.61 Å². The lowest BCUT2D eigenvalue weighted by Crippen LogP contribution is -2.10. The maximum absolute atomic E-state index is 11.7. The number of carbonyl (C=O) groups is 1. The zero-order valence-corrected chi connectivity index (χ0v) is 14.1. The maximum Gasteiger partial charge on any atom is 0.309 e. The quantitative estimate of drug-likeness (QED) is 0.337. The van der Waals surface area contributed by atoms with E-state index >= 15 is 0 Å². The Labute approximate surface area is 153 Å². The van der Waals surface area contributed by atoms with Gasteiger partial charge in [-0.1, -0.05) is 18.2 Å². The van der Waals surface area contributed by atoms with Crippen molar-refractivity contribution in [3.05, 3.63) is 70.6 Å². The number of non-ortho nitro benzene ring substituents is 1. The smallest absolute Gasteiger partial charge is 0.309 e. The highest BCUT2D eigenvalue weighted by atomic mass is 16.6. The van der Waals surface area contributed by atoms with Crippen molar-refractivity contribution in [2.45, 2.75) is 13.0 Å². The number of hydrogen-bond acceptors (Lipinski definition) is 8. The molecule has 0 spiro atoms. The van der Waals surface area contributed by atoms with Crippen LogP contribution in [0.4, 0.5) is 5.69 Å². The van der Waals surface area contributed by atoms with Gasteiger partial charge >= 0.3 is 5.97 Å². The molecule has 3 aromatic rings. The van der Waals surface area contributed by atoms with Crippen LogP contribution in [0.15, 0.2) is 59.0 Å². The lowest BCUT2D eigenvalue weighted by molar-refractivity contribution is -0.384. The van der Waals surface area contributed by atoms with Crippen LogP contribution in [0, 0.1) is 10.1 Å². The van der Waals surface area contributed by atoms with Crippen molar-refractivity contribution in [1.29, 1.82) is 0 Å². The summed E-state index contributed by atoms with van der Waals surface area (Å²) in [5.41, 5.74) is 0.493. The standard InChI is InChI=1S/C18H15N3O6/c22-17(10-11-25-15-4-2-1-3-5-15)26-12-16-19-20-18(27-16)13-6-8-14(9-7-13)21(23)24/h1-9H,10-12H2. The summed E-state index contributed by atoms with van der Waals surface area (Å²) in [5, 5.41) is 18.3. The number of rotatable bonds is 8. The van der Waals surface area contributed by atoms with Crippen LogP contribution >= 0.6 is 0 Å². The molecule has 0 unspecified atom stereocenters. The summed E-state index contributed by atoms with van der Waals surface area (Å²) in [6.07, 6.45) is 0.0816. The van der Waals surface area contributed by atoms with Gasteiger partial charge in [0.05, 0.1) is 18.0 Å². The number of para-hydroxylation sites is 1. The van der Waals surface area contributed by atoms with Gasteiger partial charge in [0.25, 0.3) is 11.6 Å². The van der Waals surface area contributed by atoms with Gasteiger partial charge in [0, 0.05) is 17.7 Å². The first-order valence-electron chi connectivity index (χ1n) is 8.02. The Morgan fingerprint density at radius 2 is 1.81 bits per heavy atom. The van der Waals surface area contributed by atoms with Crippen molar-refractivity contribution >= 4 is 11.7 Å². The molecule has 0 radical (unpaired) electrons. The summed E-state index contributed by atoms with van der Waals surface area (Å²) in [6.45, 7) is 0.0326. The number of aromatic nitrogens is 2. The number of nitro groups is 1. The Kier molecular flexibility index (Phi) is 5.73. The highest BCUT2D eigenvalue weighted by molar-refractivity contribution is 5.69. The van der Waals surface area contributed by atoms with E-state index in [2.05, 4.69) is 10.2 Å². The molecule has 138 valence electrons. The minimum Gasteiger partial charge on any atom is -0.493 e. The molecule has 9 heteroatoms. The lowest BCUT2D eigenvalue weighted by atomic mass is 10.2. The predicted molar refractivity (Wildman–Crippen MR) is 92.7 cm³/mol. The van der Waals surface area contributed by atoms with E-state index in [4.69, 9.17) is 13.9 Å². The Balaban J connectivity index is 1.46. The average molecular weight is 369 g/mol. The van der Waals surface area contributed by atoms with Crippen LogP contribution in [0.1, 0.15) is 12.3 Å². The molecule has 0 aliphatic heterocycles. The Bertz CT molecular complexity index is 908. The van der Waals surface area contributed by atoms with E-state index in [1.54, 1.807) is 12.1 Å². The van der Waals surface area contributed by atoms with Gasteiger partial charge < -0.3 is 13.9 Å². The second kappa shape index (κ2) is 8.56. The van der Waals surface area contributed by atoms with Crippen molar-refractivity contribution in [3.8, 4) is 17.2 Å². The first-order chi connectivity index (χ1) is 13.1. The molecule has 1 heterocycles. The third-order valence-electron chi connectivity index (χ3n) is 3.47. The molecule has 1 aromatic heterocycles. The van der Waals surface area contributed by atoms with Gasteiger partial charge in [0.2, 0.25) is 5.89 Å². The molecule has 0 fully saturated rings. The molecule has 0 atom stereocenters. The van der Waals surface area contributed by atoms with Gasteiger partial charge in [-0.2, -0.15) is 0 Å². The summed E-state index contributed by atoms with van der Waals surface area (Å²) in [6, 6.07) is 14.8. The van der Waals surface area contributed by atoms with Crippen molar-refractivity contribution in [2.24, 2.45) is 0 Å². The number of ether oxygens (including phenoxy) is 2. The van der Waals surface area contributed by atoms with Gasteiger partial charge in [-0.25, -0.2) is 0 Å². The van der Waals surface area contributed by atoms with Crippen LogP contribution in [-0.4, -0.2) is 27.7 Å². The average Bonchev–Trinajstić information content (AvgIpc) is 3.16. The molecular formula is C18H15N3O6. The predicted octanol–water partition coefficient (Wildman–Crippen LogP) is 3.16. The summed E-state index contributed by atoms with van der Waals surface area (Å²) in [7, 11) is 0. The fraction of sp³-hybridized carbons (Fsp3) is 0.167. The van der Waals surface area contributed by atoms with E-state index in [9.17, 15) is 14.9 Å². The van der Waals surface area contributed by atoms with Crippen LogP contribution in [0.5, 0.6) is 5.75 Å². The Morgan fingerprint density at radius 1 is 1.07 bits per heavy atom. The molecular weight excluding hydrogens is 354 g/mol. The van der Waals surface area contributed by atoms with E-state index in [1.807, 2.05) is 18.2 Å². The fourth-order valence-electron chi connectivity index (χ4n) is 2.14. The molecule has 3 rings (SSSR count). The summed E-state index contributed by atoms with van der Waals surface area (Å²) in [5.74, 6) is 0.528. The normalized spacial score (nSPS) is 10.4. The van der Waals surface area contributed by atoms with E-state index in [0.29, 0.717) is 11.3 Å². The van der Waals surface area contributed by atoms with E-state index < -0.39 is 10.9 Å². The molecule has 9 nitrogen and oxygen atoms in total. The van der Waals surface area contributed by atoms with Crippen LogP contribution in [0.2, 0.25) is 0 Å². The minimum absolute atomic E-state index is 0.0369. The highest BCUT2D eigenvalue weighted by Gasteiger charge is 2.13. The second-order valence-corrected chi connectivity index (χ2v) is 5.38. The van der Waals surface area contributed by atoms with Crippen molar-refractivity contribution < 1.29 is 23.6 Å². The van der Waals surface area contributed by atoms with Gasteiger partial charge in [-0.05, 0) is 24.3 Å². The molecule has 0 bridgehead atoms. The molecule has 0 saturated carbocycles. The van der Waals surface area contributed by atoms with Crippen LogP contribution in [0.3, 0.4) is 0 Å². The number of nitro benzene ring substituents is 1. The van der Waals surface area contributed by atoms with Gasteiger partial charge in [-0.15, -0.1) is 10.2 Å². The van der Waals surface area contributed by atoms with E-state index in [1.165, 1.54) is 24.3 Å². The molecule has 2 aromatic carbocycles. The van der Waals surface area contributed by atoms with Crippen molar-refractivity contribution in [2.75, 3.05) is 6.61 Å². The number of esters is 1. The number of benzene rings is 2. The molecule has 0 aliphatic carbocycles. The first kappa shape index (κ1) is 18.1. The SMILES string of the molecule is O=C(CCOc1ccccc1)OCc1nnc(-c2ccc([N+](=O)[O-])cc2)o1. The zero-order valence-electron chi connectivity index (χ0n) is 14.1. The molecule has 0 N–H and O–H groups in total.